The van der Waals surface area contributed by atoms with Crippen LogP contribution in [0.25, 0.3) is 11.0 Å². The SMILES string of the molecule is Cc1ccc2c(COC(=O)c3ccoc3C)cc(=O)oc2c1. The highest BCUT2D eigenvalue weighted by atomic mass is 16.5. The van der Waals surface area contributed by atoms with E-state index in [4.69, 9.17) is 13.6 Å². The Morgan fingerprint density at radius 1 is 1.18 bits per heavy atom. The van der Waals surface area contributed by atoms with Gasteiger partial charge in [-0.25, -0.2) is 9.59 Å². The molecule has 3 rings (SSSR count). The third-order valence-electron chi connectivity index (χ3n) is 3.42. The van der Waals surface area contributed by atoms with Crippen LogP contribution >= 0.6 is 0 Å². The molecule has 0 unspecified atom stereocenters. The maximum absolute atomic E-state index is 12.0. The summed E-state index contributed by atoms with van der Waals surface area (Å²) in [5.41, 5.74) is 1.99. The third-order valence-corrected chi connectivity index (χ3v) is 3.42. The topological polar surface area (TPSA) is 69.7 Å². The van der Waals surface area contributed by atoms with E-state index in [1.165, 1.54) is 12.3 Å². The quantitative estimate of drug-likeness (QED) is 0.548. The molecule has 0 radical (unpaired) electrons. The fraction of sp³-hybridized carbons (Fsp3) is 0.176. The fourth-order valence-corrected chi connectivity index (χ4v) is 2.27. The van der Waals surface area contributed by atoms with E-state index in [1.807, 2.05) is 19.1 Å². The van der Waals surface area contributed by atoms with Crippen molar-refractivity contribution in [3.05, 3.63) is 69.5 Å². The highest BCUT2D eigenvalue weighted by Gasteiger charge is 2.14. The van der Waals surface area contributed by atoms with Crippen LogP contribution < -0.4 is 5.63 Å². The van der Waals surface area contributed by atoms with E-state index < -0.39 is 11.6 Å². The van der Waals surface area contributed by atoms with E-state index in [0.29, 0.717) is 22.5 Å². The molecular weight excluding hydrogens is 284 g/mol. The summed E-state index contributed by atoms with van der Waals surface area (Å²) >= 11 is 0. The number of carbonyl (C=O) groups is 1. The first-order valence-corrected chi connectivity index (χ1v) is 6.79. The highest BCUT2D eigenvalue weighted by Crippen LogP contribution is 2.20. The molecular formula is C17H14O5. The summed E-state index contributed by atoms with van der Waals surface area (Å²) in [4.78, 5) is 23.6. The second-order valence-corrected chi connectivity index (χ2v) is 5.06. The van der Waals surface area contributed by atoms with Crippen molar-refractivity contribution in [2.75, 3.05) is 0 Å². The molecule has 0 saturated heterocycles. The van der Waals surface area contributed by atoms with E-state index in [0.717, 1.165) is 10.9 Å². The number of esters is 1. The maximum Gasteiger partial charge on any atom is 0.342 e. The van der Waals surface area contributed by atoms with Gasteiger partial charge in [-0.1, -0.05) is 12.1 Å². The van der Waals surface area contributed by atoms with Crippen molar-refractivity contribution in [1.29, 1.82) is 0 Å². The molecule has 0 atom stereocenters. The Labute approximate surface area is 126 Å². The lowest BCUT2D eigenvalue weighted by molar-refractivity contribution is 0.0472. The number of carbonyl (C=O) groups excluding carboxylic acids is 1. The molecule has 0 aliphatic heterocycles. The van der Waals surface area contributed by atoms with E-state index in [9.17, 15) is 9.59 Å². The fourth-order valence-electron chi connectivity index (χ4n) is 2.27. The van der Waals surface area contributed by atoms with Crippen LogP contribution in [0.4, 0.5) is 0 Å². The molecule has 0 amide bonds. The number of aryl methyl sites for hydroxylation is 2. The smallest absolute Gasteiger partial charge is 0.342 e. The number of furan rings is 1. The Balaban J connectivity index is 1.89. The van der Waals surface area contributed by atoms with Crippen LogP contribution in [0.1, 0.15) is 27.2 Å². The van der Waals surface area contributed by atoms with Crippen molar-refractivity contribution in [3.8, 4) is 0 Å². The number of fused-ring (bicyclic) bond motifs is 1. The van der Waals surface area contributed by atoms with E-state index in [2.05, 4.69) is 0 Å². The summed E-state index contributed by atoms with van der Waals surface area (Å²) < 4.78 is 15.5. The molecule has 0 N–H and O–H groups in total. The average molecular weight is 298 g/mol. The normalized spacial score (nSPS) is 10.8. The van der Waals surface area contributed by atoms with Crippen molar-refractivity contribution >= 4 is 16.9 Å². The monoisotopic (exact) mass is 298 g/mol. The van der Waals surface area contributed by atoms with Gasteiger partial charge >= 0.3 is 11.6 Å². The van der Waals surface area contributed by atoms with Crippen molar-refractivity contribution in [1.82, 2.24) is 0 Å². The van der Waals surface area contributed by atoms with Crippen LogP contribution in [-0.4, -0.2) is 5.97 Å². The number of hydrogen-bond acceptors (Lipinski definition) is 5. The van der Waals surface area contributed by atoms with E-state index in [1.54, 1.807) is 19.1 Å². The zero-order chi connectivity index (χ0) is 15.7. The van der Waals surface area contributed by atoms with Gasteiger partial charge in [-0.2, -0.15) is 0 Å². The first-order chi connectivity index (χ1) is 10.5. The summed E-state index contributed by atoms with van der Waals surface area (Å²) in [6.45, 7) is 3.59. The van der Waals surface area contributed by atoms with Gasteiger partial charge in [-0.05, 0) is 31.5 Å². The van der Waals surface area contributed by atoms with Gasteiger partial charge in [0.2, 0.25) is 0 Å². The average Bonchev–Trinajstić information content (AvgIpc) is 2.90. The predicted octanol–water partition coefficient (Wildman–Crippen LogP) is 3.36. The number of hydrogen-bond donors (Lipinski definition) is 0. The molecule has 0 fully saturated rings. The predicted molar refractivity (Wildman–Crippen MR) is 79.8 cm³/mol. The molecule has 1 aromatic carbocycles. The van der Waals surface area contributed by atoms with Crippen LogP contribution in [-0.2, 0) is 11.3 Å². The van der Waals surface area contributed by atoms with Gasteiger partial charge in [0.15, 0.2) is 0 Å². The molecule has 3 aromatic rings. The summed E-state index contributed by atoms with van der Waals surface area (Å²) in [6, 6.07) is 8.43. The number of ether oxygens (including phenoxy) is 1. The first-order valence-electron chi connectivity index (χ1n) is 6.79. The van der Waals surface area contributed by atoms with Crippen LogP contribution in [0.15, 0.2) is 50.2 Å². The lowest BCUT2D eigenvalue weighted by Gasteiger charge is -2.07. The molecule has 5 heteroatoms. The van der Waals surface area contributed by atoms with Gasteiger partial charge in [0.1, 0.15) is 23.5 Å². The summed E-state index contributed by atoms with van der Waals surface area (Å²) in [5.74, 6) is 0.0119. The Kier molecular flexibility index (Phi) is 3.55. The molecule has 112 valence electrons. The number of benzene rings is 1. The van der Waals surface area contributed by atoms with Gasteiger partial charge in [0, 0.05) is 17.0 Å². The summed E-state index contributed by atoms with van der Waals surface area (Å²) in [7, 11) is 0. The number of rotatable bonds is 3. The van der Waals surface area contributed by atoms with Gasteiger partial charge in [-0.15, -0.1) is 0 Å². The third kappa shape index (κ3) is 2.65. The Morgan fingerprint density at radius 3 is 2.73 bits per heavy atom. The Bertz CT molecular complexity index is 901. The molecule has 0 aliphatic rings. The van der Waals surface area contributed by atoms with Gasteiger partial charge < -0.3 is 13.6 Å². The van der Waals surface area contributed by atoms with Gasteiger partial charge in [-0.3, -0.25) is 0 Å². The van der Waals surface area contributed by atoms with E-state index in [-0.39, 0.29) is 6.61 Å². The van der Waals surface area contributed by atoms with Crippen molar-refractivity contribution in [2.24, 2.45) is 0 Å². The van der Waals surface area contributed by atoms with Crippen molar-refractivity contribution < 1.29 is 18.4 Å². The molecule has 0 aliphatic carbocycles. The largest absolute Gasteiger partial charge is 0.469 e. The first kappa shape index (κ1) is 14.1. The minimum atomic E-state index is -0.486. The summed E-state index contributed by atoms with van der Waals surface area (Å²) in [5, 5.41) is 0.752. The highest BCUT2D eigenvalue weighted by molar-refractivity contribution is 5.90. The van der Waals surface area contributed by atoms with Crippen LogP contribution in [0, 0.1) is 13.8 Å². The Hall–Kier alpha value is -2.82. The molecule has 0 bridgehead atoms. The summed E-state index contributed by atoms with van der Waals surface area (Å²) in [6.07, 6.45) is 1.43. The van der Waals surface area contributed by atoms with Crippen molar-refractivity contribution in [3.63, 3.8) is 0 Å². The minimum Gasteiger partial charge on any atom is -0.469 e. The lowest BCUT2D eigenvalue weighted by Crippen LogP contribution is -2.08. The second kappa shape index (κ2) is 5.52. The molecule has 2 aromatic heterocycles. The van der Waals surface area contributed by atoms with Crippen molar-refractivity contribution in [2.45, 2.75) is 20.5 Å². The van der Waals surface area contributed by atoms with Crippen LogP contribution in [0.3, 0.4) is 0 Å². The second-order valence-electron chi connectivity index (χ2n) is 5.06. The minimum absolute atomic E-state index is 0.00534. The maximum atomic E-state index is 12.0. The molecule has 5 nitrogen and oxygen atoms in total. The van der Waals surface area contributed by atoms with Crippen LogP contribution in [0.2, 0.25) is 0 Å². The lowest BCUT2D eigenvalue weighted by atomic mass is 10.1. The Morgan fingerprint density at radius 2 is 2.00 bits per heavy atom. The standard InChI is InChI=1S/C17H14O5/c1-10-3-4-14-12(8-16(18)22-15(14)7-10)9-21-17(19)13-5-6-20-11(13)2/h3-8H,9H2,1-2H3. The zero-order valence-electron chi connectivity index (χ0n) is 12.2. The molecule has 0 saturated carbocycles. The zero-order valence-corrected chi connectivity index (χ0v) is 12.2. The molecule has 22 heavy (non-hydrogen) atoms. The van der Waals surface area contributed by atoms with E-state index >= 15 is 0 Å². The molecule has 2 heterocycles. The van der Waals surface area contributed by atoms with Gasteiger partial charge in [0.25, 0.3) is 0 Å². The van der Waals surface area contributed by atoms with Crippen LogP contribution in [0.5, 0.6) is 0 Å². The molecule has 0 spiro atoms. The van der Waals surface area contributed by atoms with Gasteiger partial charge in [0.05, 0.1) is 6.26 Å².